The van der Waals surface area contributed by atoms with Gasteiger partial charge in [-0.1, -0.05) is 57.5 Å². The zero-order valence-corrected chi connectivity index (χ0v) is 17.3. The second-order valence-corrected chi connectivity index (χ2v) is 8.05. The van der Waals surface area contributed by atoms with Crippen molar-refractivity contribution in [3.05, 3.63) is 35.9 Å². The van der Waals surface area contributed by atoms with E-state index >= 15 is 0 Å². The second-order valence-electron chi connectivity index (χ2n) is 8.05. The molecular weight excluding hydrogens is 364 g/mol. The highest BCUT2D eigenvalue weighted by Crippen LogP contribution is 2.52. The lowest BCUT2D eigenvalue weighted by atomic mass is 9.57. The molecule has 1 aromatic carbocycles. The number of carbonyl (C=O) groups is 2. The fraction of sp³-hybridized carbons (Fsp3) is 0.619. The fourth-order valence-electron chi connectivity index (χ4n) is 4.64. The molecule has 0 aliphatic heterocycles. The minimum absolute atomic E-state index is 0. The quantitative estimate of drug-likeness (QED) is 0.688. The zero-order valence-electron chi connectivity index (χ0n) is 16.5. The summed E-state index contributed by atoms with van der Waals surface area (Å²) in [7, 11) is 0. The van der Waals surface area contributed by atoms with Crippen LogP contribution in [0.4, 0.5) is 0 Å². The Labute approximate surface area is 168 Å². The molecule has 1 amide bonds. The lowest BCUT2D eigenvalue weighted by Gasteiger charge is -2.47. The highest BCUT2D eigenvalue weighted by Gasteiger charge is 2.50. The maximum absolute atomic E-state index is 12.7. The van der Waals surface area contributed by atoms with Crippen molar-refractivity contribution in [3.8, 4) is 0 Å². The summed E-state index contributed by atoms with van der Waals surface area (Å²) in [5.74, 6) is 0.172. The van der Waals surface area contributed by atoms with Crippen LogP contribution in [0.15, 0.2) is 30.3 Å². The van der Waals surface area contributed by atoms with Gasteiger partial charge < -0.3 is 16.2 Å². The summed E-state index contributed by atoms with van der Waals surface area (Å²) in [4.78, 5) is 24.6. The predicted octanol–water partition coefficient (Wildman–Crippen LogP) is 3.61. The Bertz CT molecular complexity index is 623. The largest absolute Gasteiger partial charge is 0.457 e. The molecule has 6 heteroatoms. The average Bonchev–Trinajstić information content (AvgIpc) is 2.61. The number of ether oxygens (including phenoxy) is 1. The van der Waals surface area contributed by atoms with E-state index < -0.39 is 17.5 Å². The van der Waals surface area contributed by atoms with E-state index in [0.29, 0.717) is 18.3 Å². The summed E-state index contributed by atoms with van der Waals surface area (Å²) in [5, 5.41) is 0. The van der Waals surface area contributed by atoms with Crippen molar-refractivity contribution in [1.29, 1.82) is 0 Å². The van der Waals surface area contributed by atoms with Gasteiger partial charge >= 0.3 is 5.97 Å². The summed E-state index contributed by atoms with van der Waals surface area (Å²) in [6, 6.07) is 9.55. The van der Waals surface area contributed by atoms with Crippen molar-refractivity contribution < 1.29 is 14.3 Å². The van der Waals surface area contributed by atoms with Gasteiger partial charge in [0.1, 0.15) is 6.10 Å². The molecule has 1 saturated carbocycles. The molecule has 0 aromatic heterocycles. The van der Waals surface area contributed by atoms with E-state index in [9.17, 15) is 9.59 Å². The lowest BCUT2D eigenvalue weighted by Crippen LogP contribution is -2.50. The van der Waals surface area contributed by atoms with Crippen LogP contribution in [0.2, 0.25) is 0 Å². The first-order chi connectivity index (χ1) is 12.3. The van der Waals surface area contributed by atoms with Gasteiger partial charge in [-0.15, -0.1) is 12.4 Å². The van der Waals surface area contributed by atoms with Crippen molar-refractivity contribution in [2.75, 3.05) is 6.54 Å². The monoisotopic (exact) mass is 396 g/mol. The molecule has 0 saturated heterocycles. The Morgan fingerprint density at radius 1 is 1.22 bits per heavy atom. The van der Waals surface area contributed by atoms with E-state index in [4.69, 9.17) is 16.2 Å². The predicted molar refractivity (Wildman–Crippen MR) is 109 cm³/mol. The van der Waals surface area contributed by atoms with Crippen LogP contribution < -0.4 is 11.5 Å². The first-order valence-corrected chi connectivity index (χ1v) is 9.54. The first-order valence-electron chi connectivity index (χ1n) is 9.54. The Morgan fingerprint density at radius 3 is 2.37 bits per heavy atom. The van der Waals surface area contributed by atoms with Crippen molar-refractivity contribution >= 4 is 24.3 Å². The Hall–Kier alpha value is -1.59. The third kappa shape index (κ3) is 5.45. The molecule has 0 heterocycles. The van der Waals surface area contributed by atoms with Crippen LogP contribution in [0.25, 0.3) is 0 Å². The number of hydrogen-bond donors (Lipinski definition) is 2. The molecule has 0 spiro atoms. The molecule has 1 aliphatic rings. The first kappa shape index (κ1) is 23.4. The minimum Gasteiger partial charge on any atom is -0.457 e. The maximum atomic E-state index is 12.7. The molecular formula is C21H33ClN2O3. The van der Waals surface area contributed by atoms with E-state index in [-0.39, 0.29) is 30.8 Å². The van der Waals surface area contributed by atoms with Crippen molar-refractivity contribution in [2.45, 2.75) is 52.6 Å². The van der Waals surface area contributed by atoms with Crippen LogP contribution in [-0.2, 0) is 14.3 Å². The molecule has 27 heavy (non-hydrogen) atoms. The third-order valence-electron chi connectivity index (χ3n) is 5.85. The number of esters is 1. The van der Waals surface area contributed by atoms with Crippen LogP contribution in [-0.4, -0.2) is 18.4 Å². The van der Waals surface area contributed by atoms with Gasteiger partial charge in [-0.2, -0.15) is 0 Å². The highest BCUT2D eigenvalue weighted by atomic mass is 35.5. The van der Waals surface area contributed by atoms with Gasteiger partial charge in [0, 0.05) is 6.42 Å². The molecule has 4 N–H and O–H groups in total. The molecule has 0 radical (unpaired) electrons. The Kier molecular flexibility index (Phi) is 8.76. The van der Waals surface area contributed by atoms with Crippen LogP contribution >= 0.6 is 12.4 Å². The van der Waals surface area contributed by atoms with Gasteiger partial charge in [0.25, 0.3) is 0 Å². The van der Waals surface area contributed by atoms with Crippen molar-refractivity contribution in [2.24, 2.45) is 34.6 Å². The third-order valence-corrected chi connectivity index (χ3v) is 5.85. The van der Waals surface area contributed by atoms with E-state index in [1.807, 2.05) is 30.3 Å². The van der Waals surface area contributed by atoms with E-state index in [1.54, 1.807) is 0 Å². The molecule has 2 rings (SSSR count). The maximum Gasteiger partial charge on any atom is 0.320 e. The lowest BCUT2D eigenvalue weighted by molar-refractivity contribution is -0.155. The summed E-state index contributed by atoms with van der Waals surface area (Å²) < 4.78 is 5.66. The van der Waals surface area contributed by atoms with Gasteiger partial charge in [0.05, 0.1) is 12.0 Å². The van der Waals surface area contributed by atoms with E-state index in [1.165, 1.54) is 0 Å². The van der Waals surface area contributed by atoms with Crippen LogP contribution in [0, 0.1) is 23.2 Å². The molecule has 0 bridgehead atoms. The van der Waals surface area contributed by atoms with Gasteiger partial charge in [-0.25, -0.2) is 0 Å². The van der Waals surface area contributed by atoms with Crippen LogP contribution in [0.3, 0.4) is 0 Å². The average molecular weight is 397 g/mol. The topological polar surface area (TPSA) is 95.4 Å². The zero-order chi connectivity index (χ0) is 19.3. The number of halogens is 1. The SMILES string of the molecule is CC(C)[C@@H]1CC[C@@H](C)C[C@]1(C[C@H](OC(=O)CN)c1ccccc1)C(N)=O.Cl. The molecule has 152 valence electrons. The highest BCUT2D eigenvalue weighted by molar-refractivity contribution is 5.85. The van der Waals surface area contributed by atoms with Crippen LogP contribution in [0.5, 0.6) is 0 Å². The van der Waals surface area contributed by atoms with Gasteiger partial charge in [0.2, 0.25) is 5.91 Å². The van der Waals surface area contributed by atoms with E-state index in [0.717, 1.165) is 24.8 Å². The fourth-order valence-corrected chi connectivity index (χ4v) is 4.64. The summed E-state index contributed by atoms with van der Waals surface area (Å²) in [6.45, 7) is 6.26. The summed E-state index contributed by atoms with van der Waals surface area (Å²) >= 11 is 0. The number of rotatable bonds is 7. The normalized spacial score (nSPS) is 26.1. The molecule has 1 aromatic rings. The summed E-state index contributed by atoms with van der Waals surface area (Å²) in [5.41, 5.74) is 11.6. The Balaban J connectivity index is 0.00000364. The molecule has 4 atom stereocenters. The number of amides is 1. The van der Waals surface area contributed by atoms with Gasteiger partial charge in [-0.05, 0) is 36.2 Å². The molecule has 1 fully saturated rings. The van der Waals surface area contributed by atoms with Crippen molar-refractivity contribution in [3.63, 3.8) is 0 Å². The summed E-state index contributed by atoms with van der Waals surface area (Å²) in [6.07, 6.45) is 2.68. The van der Waals surface area contributed by atoms with E-state index in [2.05, 4.69) is 20.8 Å². The smallest absolute Gasteiger partial charge is 0.320 e. The van der Waals surface area contributed by atoms with Crippen LogP contribution in [0.1, 0.15) is 58.1 Å². The minimum atomic E-state index is -0.679. The number of primary amides is 1. The van der Waals surface area contributed by atoms with Gasteiger partial charge in [-0.3, -0.25) is 9.59 Å². The number of hydrogen-bond acceptors (Lipinski definition) is 4. The number of nitrogens with two attached hydrogens (primary N) is 2. The molecule has 0 unspecified atom stereocenters. The Morgan fingerprint density at radius 2 is 1.85 bits per heavy atom. The second kappa shape index (κ2) is 10.1. The molecule has 1 aliphatic carbocycles. The van der Waals surface area contributed by atoms with Gasteiger partial charge in [0.15, 0.2) is 0 Å². The number of benzene rings is 1. The number of carbonyl (C=O) groups excluding carboxylic acids is 2. The van der Waals surface area contributed by atoms with Crippen molar-refractivity contribution in [1.82, 2.24) is 0 Å². The standard InChI is InChI=1S/C21H32N2O3.ClH/c1-14(2)17-10-9-15(3)11-21(17,20(23)25)12-18(26-19(24)13-22)16-7-5-4-6-8-16;/h4-8,14-15,17-18H,9-13,22H2,1-3H3,(H2,23,25);1H/t15-,17+,18+,21-;/m1./s1. The molecule has 5 nitrogen and oxygen atoms in total.